The number of hydrogen-bond donors (Lipinski definition) is 0. The molecule has 1 spiro atoms. The van der Waals surface area contributed by atoms with Crippen molar-refractivity contribution < 1.29 is 14.3 Å². The Labute approximate surface area is 154 Å². The fraction of sp³-hybridized carbons (Fsp3) is 0.650. The maximum Gasteiger partial charge on any atom is 0.272 e. The van der Waals surface area contributed by atoms with Crippen molar-refractivity contribution in [2.75, 3.05) is 33.3 Å². The average molecular weight is 357 g/mol. The number of pyridine rings is 1. The SMILES string of the molecule is COCc1cccc(C(=O)N2CC[C@@]3(CCCN(CC4CC4)C3=O)C2)n1. The molecule has 4 rings (SSSR count). The molecule has 2 amide bonds. The molecule has 0 N–H and O–H groups in total. The van der Waals surface area contributed by atoms with Gasteiger partial charge in [0.15, 0.2) is 0 Å². The minimum atomic E-state index is -0.368. The van der Waals surface area contributed by atoms with Crippen LogP contribution in [-0.2, 0) is 16.1 Å². The molecule has 0 bridgehead atoms. The molecule has 0 unspecified atom stereocenters. The highest BCUT2D eigenvalue weighted by Crippen LogP contribution is 2.42. The summed E-state index contributed by atoms with van der Waals surface area (Å²) in [5.74, 6) is 0.903. The standard InChI is InChI=1S/C20H27N3O3/c1-26-13-16-4-2-5-17(21-16)18(24)23-11-9-20(14-23)8-3-10-22(19(20)25)12-15-6-7-15/h2,4-5,15H,3,6-14H2,1H3/t20-/m0/s1. The molecule has 3 aliphatic rings. The first kappa shape index (κ1) is 17.5. The number of piperidine rings is 1. The van der Waals surface area contributed by atoms with Gasteiger partial charge in [-0.15, -0.1) is 0 Å². The number of likely N-dealkylation sites (tertiary alicyclic amines) is 2. The summed E-state index contributed by atoms with van der Waals surface area (Å²) in [4.78, 5) is 34.3. The summed E-state index contributed by atoms with van der Waals surface area (Å²) >= 11 is 0. The van der Waals surface area contributed by atoms with E-state index in [1.54, 1.807) is 13.2 Å². The lowest BCUT2D eigenvalue weighted by molar-refractivity contribution is -0.145. The molecular weight excluding hydrogens is 330 g/mol. The average Bonchev–Trinajstić information content (AvgIpc) is 3.37. The van der Waals surface area contributed by atoms with E-state index in [0.717, 1.165) is 38.0 Å². The second-order valence-corrected chi connectivity index (χ2v) is 8.00. The lowest BCUT2D eigenvalue weighted by Crippen LogP contribution is -2.51. The van der Waals surface area contributed by atoms with Crippen molar-refractivity contribution in [1.82, 2.24) is 14.8 Å². The summed E-state index contributed by atoms with van der Waals surface area (Å²) in [7, 11) is 1.61. The van der Waals surface area contributed by atoms with Crippen LogP contribution in [0.2, 0.25) is 0 Å². The van der Waals surface area contributed by atoms with Gasteiger partial charge < -0.3 is 14.5 Å². The molecule has 0 radical (unpaired) electrons. The smallest absolute Gasteiger partial charge is 0.272 e. The summed E-state index contributed by atoms with van der Waals surface area (Å²) < 4.78 is 5.10. The quantitative estimate of drug-likeness (QED) is 0.810. The van der Waals surface area contributed by atoms with E-state index < -0.39 is 0 Å². The Bertz CT molecular complexity index is 703. The number of carbonyl (C=O) groups excluding carboxylic acids is 2. The Hall–Kier alpha value is -1.95. The van der Waals surface area contributed by atoms with Gasteiger partial charge in [0.1, 0.15) is 5.69 Å². The van der Waals surface area contributed by atoms with Gasteiger partial charge in [-0.3, -0.25) is 9.59 Å². The summed E-state index contributed by atoms with van der Waals surface area (Å²) in [5, 5.41) is 0. The zero-order chi connectivity index (χ0) is 18.1. The van der Waals surface area contributed by atoms with Crippen molar-refractivity contribution in [2.45, 2.75) is 38.7 Å². The minimum absolute atomic E-state index is 0.0769. The Morgan fingerprint density at radius 2 is 2.15 bits per heavy atom. The van der Waals surface area contributed by atoms with E-state index >= 15 is 0 Å². The number of methoxy groups -OCH3 is 1. The van der Waals surface area contributed by atoms with Crippen LogP contribution < -0.4 is 0 Å². The molecule has 26 heavy (non-hydrogen) atoms. The topological polar surface area (TPSA) is 62.7 Å². The van der Waals surface area contributed by atoms with Crippen LogP contribution >= 0.6 is 0 Å². The van der Waals surface area contributed by atoms with Gasteiger partial charge in [-0.2, -0.15) is 0 Å². The molecular formula is C20H27N3O3. The first-order valence-electron chi connectivity index (χ1n) is 9.65. The Balaban J connectivity index is 1.46. The molecule has 1 aromatic rings. The third-order valence-corrected chi connectivity index (χ3v) is 5.96. The Morgan fingerprint density at radius 1 is 1.31 bits per heavy atom. The summed E-state index contributed by atoms with van der Waals surface area (Å²) in [5.41, 5.74) is 0.818. The van der Waals surface area contributed by atoms with E-state index in [-0.39, 0.29) is 17.2 Å². The lowest BCUT2D eigenvalue weighted by Gasteiger charge is -2.39. The first-order chi connectivity index (χ1) is 12.6. The maximum atomic E-state index is 13.1. The predicted octanol–water partition coefficient (Wildman–Crippen LogP) is 2.09. The molecule has 6 nitrogen and oxygen atoms in total. The van der Waals surface area contributed by atoms with Crippen molar-refractivity contribution >= 4 is 11.8 Å². The van der Waals surface area contributed by atoms with Gasteiger partial charge in [0.2, 0.25) is 5.91 Å². The highest BCUT2D eigenvalue weighted by molar-refractivity contribution is 5.94. The van der Waals surface area contributed by atoms with Crippen molar-refractivity contribution in [3.05, 3.63) is 29.6 Å². The minimum Gasteiger partial charge on any atom is -0.378 e. The lowest BCUT2D eigenvalue weighted by atomic mass is 9.78. The van der Waals surface area contributed by atoms with Gasteiger partial charge in [-0.05, 0) is 50.2 Å². The van der Waals surface area contributed by atoms with Crippen molar-refractivity contribution in [2.24, 2.45) is 11.3 Å². The van der Waals surface area contributed by atoms with E-state index in [9.17, 15) is 9.59 Å². The molecule has 1 atom stereocenters. The van der Waals surface area contributed by atoms with Crippen LogP contribution in [0.25, 0.3) is 0 Å². The number of ether oxygens (including phenoxy) is 1. The molecule has 3 fully saturated rings. The van der Waals surface area contributed by atoms with Crippen LogP contribution in [0, 0.1) is 11.3 Å². The number of nitrogens with zero attached hydrogens (tertiary/aromatic N) is 3. The van der Waals surface area contributed by atoms with E-state index in [0.29, 0.717) is 31.3 Å². The summed E-state index contributed by atoms with van der Waals surface area (Å²) in [6, 6.07) is 5.43. The normalized spacial score (nSPS) is 26.0. The molecule has 3 heterocycles. The van der Waals surface area contributed by atoms with E-state index in [1.165, 1.54) is 12.8 Å². The maximum absolute atomic E-state index is 13.1. The number of hydrogen-bond acceptors (Lipinski definition) is 4. The largest absolute Gasteiger partial charge is 0.378 e. The van der Waals surface area contributed by atoms with Gasteiger partial charge in [0.05, 0.1) is 17.7 Å². The van der Waals surface area contributed by atoms with Crippen LogP contribution in [-0.4, -0.2) is 59.9 Å². The first-order valence-corrected chi connectivity index (χ1v) is 9.65. The van der Waals surface area contributed by atoms with Crippen molar-refractivity contribution in [1.29, 1.82) is 0 Å². The third-order valence-electron chi connectivity index (χ3n) is 5.96. The number of carbonyl (C=O) groups is 2. The Morgan fingerprint density at radius 3 is 2.92 bits per heavy atom. The summed E-state index contributed by atoms with van der Waals surface area (Å²) in [6.45, 7) is 3.35. The van der Waals surface area contributed by atoms with Gasteiger partial charge in [-0.25, -0.2) is 4.98 Å². The number of amides is 2. The van der Waals surface area contributed by atoms with Gasteiger partial charge in [0, 0.05) is 33.3 Å². The van der Waals surface area contributed by atoms with Crippen molar-refractivity contribution in [3.63, 3.8) is 0 Å². The van der Waals surface area contributed by atoms with Gasteiger partial charge in [-0.1, -0.05) is 6.07 Å². The monoisotopic (exact) mass is 357 g/mol. The Kier molecular flexibility index (Phi) is 4.69. The van der Waals surface area contributed by atoms with Crippen LogP contribution in [0.1, 0.15) is 48.3 Å². The zero-order valence-electron chi connectivity index (χ0n) is 15.4. The van der Waals surface area contributed by atoms with E-state index in [4.69, 9.17) is 4.74 Å². The van der Waals surface area contributed by atoms with E-state index in [1.807, 2.05) is 17.0 Å². The van der Waals surface area contributed by atoms with Crippen LogP contribution in [0.5, 0.6) is 0 Å². The molecule has 1 saturated carbocycles. The molecule has 6 heteroatoms. The molecule has 2 aliphatic heterocycles. The van der Waals surface area contributed by atoms with Crippen molar-refractivity contribution in [3.8, 4) is 0 Å². The number of aromatic nitrogens is 1. The molecule has 1 aromatic heterocycles. The molecule has 0 aromatic carbocycles. The van der Waals surface area contributed by atoms with E-state index in [2.05, 4.69) is 9.88 Å². The highest BCUT2D eigenvalue weighted by Gasteiger charge is 2.50. The number of rotatable bonds is 5. The second kappa shape index (κ2) is 6.99. The predicted molar refractivity (Wildman–Crippen MR) is 96.4 cm³/mol. The van der Waals surface area contributed by atoms with Crippen LogP contribution in [0.3, 0.4) is 0 Å². The molecule has 1 aliphatic carbocycles. The van der Waals surface area contributed by atoms with Crippen LogP contribution in [0.4, 0.5) is 0 Å². The fourth-order valence-electron chi connectivity index (χ4n) is 4.35. The fourth-order valence-corrected chi connectivity index (χ4v) is 4.35. The van der Waals surface area contributed by atoms with Gasteiger partial charge in [0.25, 0.3) is 5.91 Å². The molecule has 2 saturated heterocycles. The summed E-state index contributed by atoms with van der Waals surface area (Å²) in [6.07, 6.45) is 5.22. The molecule has 140 valence electrons. The second-order valence-electron chi connectivity index (χ2n) is 8.00. The highest BCUT2D eigenvalue weighted by atomic mass is 16.5. The van der Waals surface area contributed by atoms with Gasteiger partial charge >= 0.3 is 0 Å². The van der Waals surface area contributed by atoms with Crippen LogP contribution in [0.15, 0.2) is 18.2 Å². The zero-order valence-corrected chi connectivity index (χ0v) is 15.4. The third kappa shape index (κ3) is 3.34.